The van der Waals surface area contributed by atoms with Crippen molar-refractivity contribution in [3.05, 3.63) is 119 Å². The molecule has 2 aliphatic heterocycles. The lowest BCUT2D eigenvalue weighted by molar-refractivity contribution is 0.0655. The highest BCUT2D eigenvalue weighted by atomic mass is 19.1. The number of halogens is 1. The monoisotopic (exact) mass is 450 g/mol. The SMILES string of the molecule is O=C1c2ccccc2C(=O)N1CCc1cnc2n1-c1cc(F)ccc1C(c1ccccc1)=NC2. The molecule has 0 spiro atoms. The molecule has 0 aliphatic carbocycles. The van der Waals surface area contributed by atoms with E-state index < -0.39 is 0 Å². The van der Waals surface area contributed by atoms with Crippen molar-refractivity contribution in [1.82, 2.24) is 14.5 Å². The van der Waals surface area contributed by atoms with Crippen molar-refractivity contribution in [3.63, 3.8) is 0 Å². The number of rotatable bonds is 4. The van der Waals surface area contributed by atoms with E-state index in [0.29, 0.717) is 35.6 Å². The van der Waals surface area contributed by atoms with E-state index in [1.54, 1.807) is 36.5 Å². The second-order valence-corrected chi connectivity index (χ2v) is 8.25. The zero-order chi connectivity index (χ0) is 23.2. The lowest BCUT2D eigenvalue weighted by atomic mass is 10.0. The normalized spacial score (nSPS) is 14.4. The summed E-state index contributed by atoms with van der Waals surface area (Å²) >= 11 is 0. The van der Waals surface area contributed by atoms with Crippen LogP contribution in [0.15, 0.2) is 84.0 Å². The van der Waals surface area contributed by atoms with Gasteiger partial charge < -0.3 is 0 Å². The van der Waals surface area contributed by atoms with E-state index in [-0.39, 0.29) is 24.2 Å². The summed E-state index contributed by atoms with van der Waals surface area (Å²) in [5, 5.41) is 0. The molecule has 4 aromatic rings. The van der Waals surface area contributed by atoms with Gasteiger partial charge in [-0.05, 0) is 30.3 Å². The number of nitrogens with zero attached hydrogens (tertiary/aromatic N) is 4. The average molecular weight is 450 g/mol. The standard InChI is InChI=1S/C27H19FN4O2/c28-18-10-11-22-23(14-18)32-19(12-13-31-26(33)20-8-4-5-9-21(20)27(31)34)15-29-24(32)16-30-25(22)17-6-2-1-3-7-17/h1-11,14-15H,12-13,16H2. The van der Waals surface area contributed by atoms with Gasteiger partial charge in [0, 0.05) is 36.0 Å². The summed E-state index contributed by atoms with van der Waals surface area (Å²) in [6, 6.07) is 21.3. The zero-order valence-corrected chi connectivity index (χ0v) is 18.1. The molecule has 0 saturated heterocycles. The van der Waals surface area contributed by atoms with Crippen LogP contribution in [0.2, 0.25) is 0 Å². The second-order valence-electron chi connectivity index (χ2n) is 8.25. The highest BCUT2D eigenvalue weighted by Gasteiger charge is 2.35. The predicted octanol–water partition coefficient (Wildman–Crippen LogP) is 4.20. The quantitative estimate of drug-likeness (QED) is 0.438. The molecule has 3 aromatic carbocycles. The summed E-state index contributed by atoms with van der Waals surface area (Å²) in [5.74, 6) is -0.274. The smallest absolute Gasteiger partial charge is 0.261 e. The Hall–Kier alpha value is -4.39. The van der Waals surface area contributed by atoms with Crippen LogP contribution in [0.3, 0.4) is 0 Å². The highest BCUT2D eigenvalue weighted by Crippen LogP contribution is 2.28. The number of hydrogen-bond acceptors (Lipinski definition) is 4. The number of carbonyl (C=O) groups is 2. The molecular formula is C27H19FN4O2. The lowest BCUT2D eigenvalue weighted by Gasteiger charge is -2.17. The maximum atomic E-state index is 14.4. The third kappa shape index (κ3) is 3.16. The minimum atomic E-state index is -0.362. The molecule has 2 amide bonds. The fraction of sp³-hybridized carbons (Fsp3) is 0.111. The Balaban J connectivity index is 1.36. The van der Waals surface area contributed by atoms with Gasteiger partial charge in [-0.25, -0.2) is 9.37 Å². The molecule has 2 aliphatic rings. The lowest BCUT2D eigenvalue weighted by Crippen LogP contribution is -2.32. The summed E-state index contributed by atoms with van der Waals surface area (Å²) in [6.07, 6.45) is 2.10. The molecule has 0 fully saturated rings. The number of hydrogen-bond donors (Lipinski definition) is 0. The molecule has 1 aromatic heterocycles. The summed E-state index contributed by atoms with van der Waals surface area (Å²) < 4.78 is 16.3. The molecule has 0 saturated carbocycles. The van der Waals surface area contributed by atoms with Crippen LogP contribution in [-0.2, 0) is 13.0 Å². The van der Waals surface area contributed by atoms with Crippen LogP contribution >= 0.6 is 0 Å². The molecule has 0 unspecified atom stereocenters. The van der Waals surface area contributed by atoms with Crippen molar-refractivity contribution in [3.8, 4) is 5.69 Å². The predicted molar refractivity (Wildman–Crippen MR) is 125 cm³/mol. The number of fused-ring (bicyclic) bond motifs is 4. The molecule has 0 radical (unpaired) electrons. The minimum Gasteiger partial charge on any atom is -0.298 e. The van der Waals surface area contributed by atoms with Gasteiger partial charge in [0.15, 0.2) is 0 Å². The van der Waals surface area contributed by atoms with Gasteiger partial charge in [-0.15, -0.1) is 0 Å². The molecule has 6 rings (SSSR count). The molecule has 7 heteroatoms. The topological polar surface area (TPSA) is 67.6 Å². The van der Waals surface area contributed by atoms with Crippen LogP contribution in [0.1, 0.15) is 43.4 Å². The second kappa shape index (κ2) is 7.88. The van der Waals surface area contributed by atoms with Gasteiger partial charge in [0.25, 0.3) is 11.8 Å². The van der Waals surface area contributed by atoms with Crippen molar-refractivity contribution < 1.29 is 14.0 Å². The van der Waals surface area contributed by atoms with Crippen LogP contribution in [0.25, 0.3) is 5.69 Å². The Morgan fingerprint density at radius 3 is 2.29 bits per heavy atom. The number of aromatic nitrogens is 2. The van der Waals surface area contributed by atoms with Gasteiger partial charge >= 0.3 is 0 Å². The number of carbonyl (C=O) groups excluding carboxylic acids is 2. The molecule has 0 N–H and O–H groups in total. The third-order valence-electron chi connectivity index (χ3n) is 6.26. The van der Waals surface area contributed by atoms with Crippen molar-refractivity contribution >= 4 is 17.5 Å². The molecule has 34 heavy (non-hydrogen) atoms. The van der Waals surface area contributed by atoms with Crippen molar-refractivity contribution in [2.45, 2.75) is 13.0 Å². The van der Waals surface area contributed by atoms with Crippen molar-refractivity contribution in [1.29, 1.82) is 0 Å². The Bertz CT molecular complexity index is 1450. The Morgan fingerprint density at radius 2 is 1.56 bits per heavy atom. The van der Waals surface area contributed by atoms with Gasteiger partial charge in [0.05, 0.1) is 29.1 Å². The first kappa shape index (κ1) is 20.2. The van der Waals surface area contributed by atoms with E-state index in [9.17, 15) is 14.0 Å². The summed E-state index contributed by atoms with van der Waals surface area (Å²) in [6.45, 7) is 0.530. The fourth-order valence-corrected chi connectivity index (χ4v) is 4.65. The number of imide groups is 1. The van der Waals surface area contributed by atoms with Crippen LogP contribution in [-0.4, -0.2) is 38.5 Å². The first-order chi connectivity index (χ1) is 16.6. The highest BCUT2D eigenvalue weighted by molar-refractivity contribution is 6.21. The Labute approximate surface area is 195 Å². The first-order valence-corrected chi connectivity index (χ1v) is 11.0. The summed E-state index contributed by atoms with van der Waals surface area (Å²) in [4.78, 5) is 36.1. The van der Waals surface area contributed by atoms with Gasteiger partial charge in [0.2, 0.25) is 0 Å². The number of benzene rings is 3. The van der Waals surface area contributed by atoms with Gasteiger partial charge in [-0.1, -0.05) is 42.5 Å². The van der Waals surface area contributed by atoms with E-state index in [0.717, 1.165) is 22.5 Å². The van der Waals surface area contributed by atoms with E-state index in [4.69, 9.17) is 4.99 Å². The number of amides is 2. The van der Waals surface area contributed by atoms with Gasteiger partial charge in [-0.2, -0.15) is 0 Å². The molecular weight excluding hydrogens is 431 g/mol. The zero-order valence-electron chi connectivity index (χ0n) is 18.1. The number of imidazole rings is 1. The molecule has 0 atom stereocenters. The van der Waals surface area contributed by atoms with Crippen molar-refractivity contribution in [2.24, 2.45) is 4.99 Å². The molecule has 166 valence electrons. The average Bonchev–Trinajstić information content (AvgIpc) is 3.32. The van der Waals surface area contributed by atoms with Gasteiger partial charge in [0.1, 0.15) is 11.6 Å². The van der Waals surface area contributed by atoms with Crippen LogP contribution in [0.5, 0.6) is 0 Å². The molecule has 3 heterocycles. The van der Waals surface area contributed by atoms with Crippen LogP contribution in [0.4, 0.5) is 4.39 Å². The van der Waals surface area contributed by atoms with Crippen molar-refractivity contribution in [2.75, 3.05) is 6.54 Å². The largest absolute Gasteiger partial charge is 0.298 e. The summed E-state index contributed by atoms with van der Waals surface area (Å²) in [7, 11) is 0. The van der Waals surface area contributed by atoms with E-state index in [1.807, 2.05) is 34.9 Å². The maximum absolute atomic E-state index is 14.4. The van der Waals surface area contributed by atoms with Gasteiger partial charge in [-0.3, -0.25) is 24.0 Å². The third-order valence-corrected chi connectivity index (χ3v) is 6.26. The summed E-state index contributed by atoms with van der Waals surface area (Å²) in [5.41, 5.74) is 4.78. The molecule has 6 nitrogen and oxygen atoms in total. The maximum Gasteiger partial charge on any atom is 0.261 e. The Kier molecular flexibility index (Phi) is 4.69. The fourth-order valence-electron chi connectivity index (χ4n) is 4.65. The van der Waals surface area contributed by atoms with Crippen LogP contribution in [0, 0.1) is 5.82 Å². The Morgan fingerprint density at radius 1 is 0.853 bits per heavy atom. The van der Waals surface area contributed by atoms with Crippen LogP contribution < -0.4 is 0 Å². The number of aliphatic imine (C=N–C) groups is 1. The van der Waals surface area contributed by atoms with E-state index in [2.05, 4.69) is 4.98 Å². The first-order valence-electron chi connectivity index (χ1n) is 11.0. The minimum absolute atomic E-state index is 0.203. The molecule has 0 bridgehead atoms. The van der Waals surface area contributed by atoms with E-state index in [1.165, 1.54) is 17.0 Å². The van der Waals surface area contributed by atoms with E-state index >= 15 is 0 Å².